The minimum absolute atomic E-state index is 0.0364. The summed E-state index contributed by atoms with van der Waals surface area (Å²) in [6.07, 6.45) is 0.150. The second-order valence-electron chi connectivity index (χ2n) is 6.72. The summed E-state index contributed by atoms with van der Waals surface area (Å²) in [5.41, 5.74) is 1.88. The third kappa shape index (κ3) is 6.88. The Morgan fingerprint density at radius 2 is 1.59 bits per heavy atom. The fourth-order valence-electron chi connectivity index (χ4n) is 2.79. The summed E-state index contributed by atoms with van der Waals surface area (Å²) in [6.45, 7) is 4.14. The number of benzene rings is 2. The van der Waals surface area contributed by atoms with E-state index < -0.39 is 18.4 Å². The Morgan fingerprint density at radius 1 is 0.931 bits per heavy atom. The molecule has 2 N–H and O–H groups in total. The van der Waals surface area contributed by atoms with Crippen LogP contribution in [0.2, 0.25) is 0 Å². The zero-order valence-electron chi connectivity index (χ0n) is 16.7. The molecule has 0 spiro atoms. The first-order valence-corrected chi connectivity index (χ1v) is 9.19. The highest BCUT2D eigenvalue weighted by Gasteiger charge is 2.17. The lowest BCUT2D eigenvalue weighted by Gasteiger charge is -2.13. The molecule has 0 radical (unpaired) electrons. The minimum atomic E-state index is -0.481. The Morgan fingerprint density at radius 3 is 2.21 bits per heavy atom. The van der Waals surface area contributed by atoms with Crippen LogP contribution in [-0.4, -0.2) is 30.2 Å². The van der Waals surface area contributed by atoms with Crippen molar-refractivity contribution in [3.05, 3.63) is 59.7 Å². The van der Waals surface area contributed by atoms with Gasteiger partial charge in [-0.15, -0.1) is 0 Å². The summed E-state index contributed by atoms with van der Waals surface area (Å²) >= 11 is 0. The number of carbonyl (C=O) groups is 4. The Hall–Kier alpha value is -3.48. The Labute approximate surface area is 169 Å². The number of nitrogens with one attached hydrogen (secondary N) is 2. The van der Waals surface area contributed by atoms with Crippen LogP contribution in [0.3, 0.4) is 0 Å². The van der Waals surface area contributed by atoms with Gasteiger partial charge in [0.2, 0.25) is 17.6 Å². The zero-order valence-corrected chi connectivity index (χ0v) is 16.7. The number of hydrogen-bond acceptors (Lipinski definition) is 5. The van der Waals surface area contributed by atoms with E-state index in [0.717, 1.165) is 5.56 Å². The summed E-state index contributed by atoms with van der Waals surface area (Å²) in [5.74, 6) is -1.62. The molecule has 0 unspecified atom stereocenters. The number of hydrogen-bond donors (Lipinski definition) is 2. The summed E-state index contributed by atoms with van der Waals surface area (Å²) in [5, 5.41) is 5.14. The van der Waals surface area contributed by atoms with Gasteiger partial charge in [-0.25, -0.2) is 0 Å². The van der Waals surface area contributed by atoms with Crippen LogP contribution in [-0.2, 0) is 19.1 Å². The Kier molecular flexibility index (Phi) is 7.65. The molecule has 0 aliphatic rings. The maximum Gasteiger partial charge on any atom is 0.306 e. The fourth-order valence-corrected chi connectivity index (χ4v) is 2.79. The molecule has 2 aromatic carbocycles. The van der Waals surface area contributed by atoms with E-state index in [1.54, 1.807) is 6.07 Å². The highest BCUT2D eigenvalue weighted by molar-refractivity contribution is 6.06. The van der Waals surface area contributed by atoms with E-state index in [9.17, 15) is 19.2 Å². The maximum atomic E-state index is 12.5. The lowest BCUT2D eigenvalue weighted by molar-refractivity contribution is -0.142. The third-order valence-corrected chi connectivity index (χ3v) is 4.16. The molecular weight excluding hydrogens is 372 g/mol. The zero-order chi connectivity index (χ0) is 21.4. The number of amides is 2. The predicted molar refractivity (Wildman–Crippen MR) is 110 cm³/mol. The van der Waals surface area contributed by atoms with Crippen LogP contribution in [0.5, 0.6) is 0 Å². The van der Waals surface area contributed by atoms with Crippen molar-refractivity contribution in [1.29, 1.82) is 0 Å². The van der Waals surface area contributed by atoms with Crippen LogP contribution in [0.15, 0.2) is 48.5 Å². The van der Waals surface area contributed by atoms with E-state index in [2.05, 4.69) is 10.6 Å². The van der Waals surface area contributed by atoms with Crippen molar-refractivity contribution in [2.24, 2.45) is 0 Å². The summed E-state index contributed by atoms with van der Waals surface area (Å²) in [4.78, 5) is 47.3. The molecule has 0 heterocycles. The number of carbonyl (C=O) groups excluding carboxylic acids is 4. The molecule has 0 aliphatic carbocycles. The molecule has 0 saturated carbocycles. The van der Waals surface area contributed by atoms with Gasteiger partial charge in [0.1, 0.15) is 0 Å². The highest BCUT2D eigenvalue weighted by atomic mass is 16.5. The first-order chi connectivity index (χ1) is 13.8. The maximum absolute atomic E-state index is 12.5. The number of Topliss-reactive ketones (excluding diaryl/α,β-unsaturated/α-hetero) is 1. The van der Waals surface area contributed by atoms with Crippen molar-refractivity contribution in [1.82, 2.24) is 0 Å². The monoisotopic (exact) mass is 396 g/mol. The highest BCUT2D eigenvalue weighted by Crippen LogP contribution is 2.23. The van der Waals surface area contributed by atoms with Crippen molar-refractivity contribution in [3.63, 3.8) is 0 Å². The molecule has 7 nitrogen and oxygen atoms in total. The molecule has 2 aromatic rings. The van der Waals surface area contributed by atoms with Crippen molar-refractivity contribution < 1.29 is 23.9 Å². The topological polar surface area (TPSA) is 102 Å². The lowest BCUT2D eigenvalue weighted by atomic mass is 9.98. The number of esters is 1. The standard InChI is InChI=1S/C22H24N2O5/c1-14(17-7-5-4-6-8-17)11-22(28)29-13-21(27)19-10-9-18(23-15(2)25)12-20(19)24-16(3)26/h4-10,12,14H,11,13H2,1-3H3,(H,23,25)(H,24,26)/t14-/m1/s1. The van der Waals surface area contributed by atoms with Gasteiger partial charge < -0.3 is 15.4 Å². The van der Waals surface area contributed by atoms with Gasteiger partial charge in [0.25, 0.3) is 0 Å². The van der Waals surface area contributed by atoms with Crippen LogP contribution < -0.4 is 10.6 Å². The van der Waals surface area contributed by atoms with Crippen LogP contribution in [0.25, 0.3) is 0 Å². The molecule has 0 saturated heterocycles. The normalized spacial score (nSPS) is 11.3. The van der Waals surface area contributed by atoms with Crippen molar-refractivity contribution in [2.75, 3.05) is 17.2 Å². The van der Waals surface area contributed by atoms with Gasteiger partial charge in [-0.1, -0.05) is 37.3 Å². The average Bonchev–Trinajstić information content (AvgIpc) is 2.66. The second-order valence-corrected chi connectivity index (χ2v) is 6.72. The minimum Gasteiger partial charge on any atom is -0.457 e. The molecule has 0 aliphatic heterocycles. The summed E-state index contributed by atoms with van der Waals surface area (Å²) < 4.78 is 5.13. The Bertz CT molecular complexity index is 909. The summed E-state index contributed by atoms with van der Waals surface area (Å²) in [7, 11) is 0. The van der Waals surface area contributed by atoms with E-state index in [1.807, 2.05) is 37.3 Å². The molecule has 2 rings (SSSR count). The first-order valence-electron chi connectivity index (χ1n) is 9.19. The van der Waals surface area contributed by atoms with Gasteiger partial charge in [0.05, 0.1) is 12.1 Å². The molecule has 1 atom stereocenters. The molecule has 2 amide bonds. The predicted octanol–water partition coefficient (Wildman–Crippen LogP) is 3.52. The third-order valence-electron chi connectivity index (χ3n) is 4.16. The smallest absolute Gasteiger partial charge is 0.306 e. The molecule has 7 heteroatoms. The molecule has 152 valence electrons. The van der Waals surface area contributed by atoms with Crippen LogP contribution >= 0.6 is 0 Å². The van der Waals surface area contributed by atoms with E-state index >= 15 is 0 Å². The Balaban J connectivity index is 2.02. The van der Waals surface area contributed by atoms with Crippen LogP contribution in [0.1, 0.15) is 49.0 Å². The number of ether oxygens (including phenoxy) is 1. The molecular formula is C22H24N2O5. The number of anilines is 2. The SMILES string of the molecule is CC(=O)Nc1ccc(C(=O)COC(=O)C[C@@H](C)c2ccccc2)c(NC(C)=O)c1. The summed E-state index contributed by atoms with van der Waals surface area (Å²) in [6, 6.07) is 14.0. The van der Waals surface area contributed by atoms with Gasteiger partial charge in [-0.3, -0.25) is 19.2 Å². The molecule has 0 aromatic heterocycles. The van der Waals surface area contributed by atoms with Crippen molar-refractivity contribution in [3.8, 4) is 0 Å². The van der Waals surface area contributed by atoms with Crippen molar-refractivity contribution in [2.45, 2.75) is 33.1 Å². The fraction of sp³-hybridized carbons (Fsp3) is 0.273. The molecule has 29 heavy (non-hydrogen) atoms. The van der Waals surface area contributed by atoms with Gasteiger partial charge >= 0.3 is 5.97 Å². The van der Waals surface area contributed by atoms with E-state index in [1.165, 1.54) is 26.0 Å². The lowest BCUT2D eigenvalue weighted by Crippen LogP contribution is -2.18. The van der Waals surface area contributed by atoms with Gasteiger partial charge in [0.15, 0.2) is 6.61 Å². The van der Waals surface area contributed by atoms with Gasteiger partial charge in [-0.05, 0) is 29.7 Å². The van der Waals surface area contributed by atoms with E-state index in [-0.39, 0.29) is 35.4 Å². The van der Waals surface area contributed by atoms with Crippen LogP contribution in [0.4, 0.5) is 11.4 Å². The largest absolute Gasteiger partial charge is 0.457 e. The van der Waals surface area contributed by atoms with E-state index in [4.69, 9.17) is 4.74 Å². The quantitative estimate of drug-likeness (QED) is 0.525. The average molecular weight is 396 g/mol. The van der Waals surface area contributed by atoms with Gasteiger partial charge in [-0.2, -0.15) is 0 Å². The number of ketones is 1. The molecule has 0 fully saturated rings. The van der Waals surface area contributed by atoms with Crippen LogP contribution in [0, 0.1) is 0 Å². The number of rotatable bonds is 8. The first kappa shape index (κ1) is 21.8. The van der Waals surface area contributed by atoms with Crippen molar-refractivity contribution >= 4 is 34.9 Å². The van der Waals surface area contributed by atoms with E-state index in [0.29, 0.717) is 5.69 Å². The molecule has 0 bridgehead atoms. The van der Waals surface area contributed by atoms with Gasteiger partial charge in [0, 0.05) is 25.1 Å². The second kappa shape index (κ2) is 10.2.